The topological polar surface area (TPSA) is 29.5 Å². The molecule has 1 saturated heterocycles. The Balaban J connectivity index is 1.39. The second kappa shape index (κ2) is 6.37. The molecule has 1 heterocycles. The van der Waals surface area contributed by atoms with Crippen molar-refractivity contribution in [3.63, 3.8) is 0 Å². The van der Waals surface area contributed by atoms with Crippen LogP contribution in [0.15, 0.2) is 0 Å². The Morgan fingerprint density at radius 2 is 1.41 bits per heavy atom. The first-order valence-corrected chi connectivity index (χ1v) is 14.1. The van der Waals surface area contributed by atoms with Crippen LogP contribution in [0.4, 0.5) is 0 Å². The number of fused-ring (bicyclic) bond motifs is 5. The van der Waals surface area contributed by atoms with Gasteiger partial charge in [0.2, 0.25) is 0 Å². The van der Waals surface area contributed by atoms with Crippen molar-refractivity contribution in [1.82, 2.24) is 0 Å². The van der Waals surface area contributed by atoms with E-state index < -0.39 is 0 Å². The molecule has 2 heteroatoms. The Morgan fingerprint density at radius 3 is 2.16 bits per heavy atom. The summed E-state index contributed by atoms with van der Waals surface area (Å²) in [5.74, 6) is 3.11. The van der Waals surface area contributed by atoms with Crippen LogP contribution in [0.5, 0.6) is 0 Å². The molecule has 0 amide bonds. The minimum absolute atomic E-state index is 0.0586. The van der Waals surface area contributed by atoms with E-state index in [1.165, 1.54) is 57.8 Å². The third kappa shape index (κ3) is 2.41. The van der Waals surface area contributed by atoms with E-state index in [0.29, 0.717) is 39.1 Å². The first kappa shape index (κ1) is 22.4. The predicted octanol–water partition coefficient (Wildman–Crippen LogP) is 7.24. The molecule has 6 fully saturated rings. The Morgan fingerprint density at radius 1 is 0.688 bits per heavy atom. The molecule has 182 valence electrons. The van der Waals surface area contributed by atoms with Gasteiger partial charge in [0, 0.05) is 0 Å². The van der Waals surface area contributed by atoms with Gasteiger partial charge in [0.1, 0.15) is 0 Å². The third-order valence-electron chi connectivity index (χ3n) is 14.1. The van der Waals surface area contributed by atoms with Crippen LogP contribution < -0.4 is 0 Å². The highest BCUT2D eigenvalue weighted by Crippen LogP contribution is 2.78. The fourth-order valence-corrected chi connectivity index (χ4v) is 12.0. The SMILES string of the molecule is CC1(C)CC[C@@]23CC[C@]4(C)[C@H](CC[C@@H]5[C@]6(C)CC[C@H](O)C(C)(C)[C@@H]6CC[C@]54C)[C@@H]2[C@H]1OC3. The summed E-state index contributed by atoms with van der Waals surface area (Å²) in [5.41, 5.74) is 2.16. The molecule has 2 nitrogen and oxygen atoms in total. The number of ether oxygens (including phenoxy) is 1. The van der Waals surface area contributed by atoms with Crippen molar-refractivity contribution in [2.45, 2.75) is 125 Å². The molecule has 1 N–H and O–H groups in total. The lowest BCUT2D eigenvalue weighted by atomic mass is 9.31. The average Bonchev–Trinajstić information content (AvgIpc) is 3.05. The van der Waals surface area contributed by atoms with Crippen LogP contribution in [0.1, 0.15) is 113 Å². The molecule has 0 radical (unpaired) electrons. The normalized spacial score (nSPS) is 60.0. The molecule has 5 aliphatic carbocycles. The van der Waals surface area contributed by atoms with E-state index >= 15 is 0 Å². The molecule has 6 rings (SSSR count). The van der Waals surface area contributed by atoms with Gasteiger partial charge < -0.3 is 9.84 Å². The Kier molecular flexibility index (Phi) is 4.46. The minimum atomic E-state index is -0.122. The van der Waals surface area contributed by atoms with Crippen LogP contribution in [0.3, 0.4) is 0 Å². The zero-order chi connectivity index (χ0) is 22.9. The summed E-state index contributed by atoms with van der Waals surface area (Å²) in [7, 11) is 0. The van der Waals surface area contributed by atoms with E-state index in [9.17, 15) is 5.11 Å². The van der Waals surface area contributed by atoms with Crippen molar-refractivity contribution in [3.8, 4) is 0 Å². The zero-order valence-corrected chi connectivity index (χ0v) is 22.1. The quantitative estimate of drug-likeness (QED) is 0.428. The highest BCUT2D eigenvalue weighted by molar-refractivity contribution is 5.21. The molecule has 0 spiro atoms. The average molecular weight is 443 g/mol. The number of hydrogen-bond acceptors (Lipinski definition) is 2. The summed E-state index contributed by atoms with van der Waals surface area (Å²) in [4.78, 5) is 0. The first-order chi connectivity index (χ1) is 14.8. The van der Waals surface area contributed by atoms with Gasteiger partial charge in [0.05, 0.1) is 18.8 Å². The standard InChI is InChI=1S/C30H50O2/c1-25(2)14-16-30-17-15-28(6)19(23(30)24(25)32-18-30)8-9-21-27(5)12-11-22(31)26(3,4)20(27)10-13-29(21,28)7/h19-24,31H,8-18H2,1-7H3/t19-,20+,21-,22+,23-,24-,27-,28-,29-,30+/m1/s1. The summed E-state index contributed by atoms with van der Waals surface area (Å²) in [6.07, 6.45) is 13.7. The van der Waals surface area contributed by atoms with Crippen molar-refractivity contribution in [2.75, 3.05) is 6.61 Å². The lowest BCUT2D eigenvalue weighted by Gasteiger charge is -2.73. The summed E-state index contributed by atoms with van der Waals surface area (Å²) >= 11 is 0. The van der Waals surface area contributed by atoms with Crippen molar-refractivity contribution in [3.05, 3.63) is 0 Å². The monoisotopic (exact) mass is 442 g/mol. The maximum Gasteiger partial charge on any atom is 0.0663 e. The molecular formula is C30H50O2. The third-order valence-corrected chi connectivity index (χ3v) is 14.1. The van der Waals surface area contributed by atoms with Gasteiger partial charge in [-0.3, -0.25) is 0 Å². The van der Waals surface area contributed by atoms with E-state index in [2.05, 4.69) is 48.5 Å². The number of rotatable bonds is 0. The zero-order valence-electron chi connectivity index (χ0n) is 22.1. The fourth-order valence-electron chi connectivity index (χ4n) is 12.0. The van der Waals surface area contributed by atoms with E-state index in [1.54, 1.807) is 0 Å². The van der Waals surface area contributed by atoms with Crippen LogP contribution in [-0.2, 0) is 4.74 Å². The Hall–Kier alpha value is -0.0800. The molecule has 2 bridgehead atoms. The lowest BCUT2D eigenvalue weighted by Crippen LogP contribution is -2.67. The lowest BCUT2D eigenvalue weighted by molar-refractivity contribution is -0.252. The van der Waals surface area contributed by atoms with E-state index in [4.69, 9.17) is 4.74 Å². The van der Waals surface area contributed by atoms with Gasteiger partial charge in [-0.1, -0.05) is 48.5 Å². The van der Waals surface area contributed by atoms with Crippen LogP contribution in [0.2, 0.25) is 0 Å². The van der Waals surface area contributed by atoms with Gasteiger partial charge in [-0.25, -0.2) is 0 Å². The van der Waals surface area contributed by atoms with Crippen molar-refractivity contribution >= 4 is 0 Å². The van der Waals surface area contributed by atoms with Gasteiger partial charge in [-0.05, 0) is 120 Å². The Labute approximate surface area is 197 Å². The first-order valence-electron chi connectivity index (χ1n) is 14.1. The molecule has 0 aromatic heterocycles. The molecule has 0 aromatic rings. The summed E-state index contributed by atoms with van der Waals surface area (Å²) in [6, 6.07) is 0. The van der Waals surface area contributed by atoms with Gasteiger partial charge in [0.25, 0.3) is 0 Å². The molecule has 0 aromatic carbocycles. The van der Waals surface area contributed by atoms with Crippen molar-refractivity contribution in [1.29, 1.82) is 0 Å². The Bertz CT molecular complexity index is 801. The molecular weight excluding hydrogens is 392 g/mol. The van der Waals surface area contributed by atoms with Gasteiger partial charge in [-0.15, -0.1) is 0 Å². The van der Waals surface area contributed by atoms with Crippen molar-refractivity contribution in [2.24, 2.45) is 56.2 Å². The molecule has 32 heavy (non-hydrogen) atoms. The van der Waals surface area contributed by atoms with Crippen LogP contribution in [0, 0.1) is 56.2 Å². The van der Waals surface area contributed by atoms with E-state index in [-0.39, 0.29) is 11.5 Å². The van der Waals surface area contributed by atoms with Crippen LogP contribution in [0.25, 0.3) is 0 Å². The second-order valence-electron chi connectivity index (χ2n) is 15.7. The maximum absolute atomic E-state index is 10.9. The van der Waals surface area contributed by atoms with Crippen molar-refractivity contribution < 1.29 is 9.84 Å². The largest absolute Gasteiger partial charge is 0.393 e. The molecule has 10 atom stereocenters. The van der Waals surface area contributed by atoms with Gasteiger partial charge >= 0.3 is 0 Å². The highest BCUT2D eigenvalue weighted by Gasteiger charge is 2.72. The molecule has 5 saturated carbocycles. The minimum Gasteiger partial charge on any atom is -0.393 e. The maximum atomic E-state index is 10.9. The van der Waals surface area contributed by atoms with Gasteiger partial charge in [-0.2, -0.15) is 0 Å². The summed E-state index contributed by atoms with van der Waals surface area (Å²) in [5, 5.41) is 10.9. The summed E-state index contributed by atoms with van der Waals surface area (Å²) < 4.78 is 6.71. The van der Waals surface area contributed by atoms with E-state index in [0.717, 1.165) is 30.8 Å². The summed E-state index contributed by atoms with van der Waals surface area (Å²) in [6.45, 7) is 18.9. The van der Waals surface area contributed by atoms with Crippen LogP contribution in [-0.4, -0.2) is 23.9 Å². The second-order valence-corrected chi connectivity index (χ2v) is 15.7. The van der Waals surface area contributed by atoms with E-state index in [1.807, 2.05) is 0 Å². The number of aliphatic hydroxyl groups excluding tert-OH is 1. The fraction of sp³-hybridized carbons (Fsp3) is 1.00. The van der Waals surface area contributed by atoms with Gasteiger partial charge in [0.15, 0.2) is 0 Å². The highest BCUT2D eigenvalue weighted by atomic mass is 16.5. The molecule has 6 aliphatic rings. The number of aliphatic hydroxyl groups is 1. The molecule has 0 unspecified atom stereocenters. The number of hydrogen-bond donors (Lipinski definition) is 1. The predicted molar refractivity (Wildman–Crippen MR) is 130 cm³/mol. The smallest absolute Gasteiger partial charge is 0.0663 e. The molecule has 1 aliphatic heterocycles. The van der Waals surface area contributed by atoms with Crippen LogP contribution >= 0.6 is 0 Å².